The van der Waals surface area contributed by atoms with Crippen molar-refractivity contribution in [3.05, 3.63) is 59.7 Å². The molecule has 0 amide bonds. The van der Waals surface area contributed by atoms with Gasteiger partial charge in [-0.05, 0) is 30.7 Å². The van der Waals surface area contributed by atoms with Crippen LogP contribution in [0, 0.1) is 0 Å². The average molecular weight is 230 g/mol. The van der Waals surface area contributed by atoms with Crippen LogP contribution in [-0.4, -0.2) is 0 Å². The predicted octanol–water partition coefficient (Wildman–Crippen LogP) is 4.53. The van der Waals surface area contributed by atoms with E-state index in [4.69, 9.17) is 4.74 Å². The van der Waals surface area contributed by atoms with Crippen molar-refractivity contribution in [1.82, 2.24) is 0 Å². The molecule has 0 spiro atoms. The van der Waals surface area contributed by atoms with Crippen LogP contribution in [0.3, 0.4) is 0 Å². The molecule has 2 heteroatoms. The van der Waals surface area contributed by atoms with E-state index in [2.05, 4.69) is 25.6 Å². The first-order chi connectivity index (χ1) is 7.85. The van der Waals surface area contributed by atoms with Crippen molar-refractivity contribution < 1.29 is 4.74 Å². The molecule has 0 aromatic heterocycles. The van der Waals surface area contributed by atoms with E-state index in [0.29, 0.717) is 0 Å². The van der Waals surface area contributed by atoms with Gasteiger partial charge in [0.2, 0.25) is 0 Å². The van der Waals surface area contributed by atoms with Crippen LogP contribution in [0.15, 0.2) is 64.6 Å². The van der Waals surface area contributed by atoms with E-state index in [0.717, 1.165) is 27.7 Å². The fourth-order valence-electron chi connectivity index (χ4n) is 1.51. The first-order valence-electron chi connectivity index (χ1n) is 5.33. The van der Waals surface area contributed by atoms with Gasteiger partial charge in [0.25, 0.3) is 0 Å². The van der Waals surface area contributed by atoms with Crippen molar-refractivity contribution >= 4 is 11.8 Å². The van der Waals surface area contributed by atoms with E-state index in [1.165, 1.54) is 0 Å². The number of allylic oxidation sites excluding steroid dienone is 3. The first kappa shape index (κ1) is 11.1. The van der Waals surface area contributed by atoms with Crippen molar-refractivity contribution in [2.24, 2.45) is 0 Å². The zero-order chi connectivity index (χ0) is 11.4. The lowest BCUT2D eigenvalue weighted by Gasteiger charge is -2.21. The molecule has 0 bridgehead atoms. The minimum Gasteiger partial charge on any atom is -0.455 e. The molecule has 0 saturated carbocycles. The van der Waals surface area contributed by atoms with Crippen LogP contribution in [0.2, 0.25) is 0 Å². The maximum absolute atomic E-state index is 5.86. The van der Waals surface area contributed by atoms with Gasteiger partial charge in [-0.25, -0.2) is 0 Å². The van der Waals surface area contributed by atoms with Crippen molar-refractivity contribution in [2.45, 2.75) is 18.2 Å². The van der Waals surface area contributed by atoms with Crippen LogP contribution in [0.25, 0.3) is 0 Å². The molecule has 0 unspecified atom stereocenters. The summed E-state index contributed by atoms with van der Waals surface area (Å²) in [6.45, 7) is 5.84. The third-order valence-corrected chi connectivity index (χ3v) is 3.30. The number of hydrogen-bond acceptors (Lipinski definition) is 2. The SMILES string of the molecule is C=C/C=C1/Sc2ccccc2O/C1=C/CC. The van der Waals surface area contributed by atoms with Gasteiger partial charge in [0.15, 0.2) is 0 Å². The van der Waals surface area contributed by atoms with Gasteiger partial charge in [-0.1, -0.05) is 43.5 Å². The minimum absolute atomic E-state index is 0.936. The van der Waals surface area contributed by atoms with E-state index < -0.39 is 0 Å². The van der Waals surface area contributed by atoms with Crippen molar-refractivity contribution in [2.75, 3.05) is 0 Å². The molecule has 1 heterocycles. The number of fused-ring (bicyclic) bond motifs is 1. The smallest absolute Gasteiger partial charge is 0.141 e. The first-order valence-corrected chi connectivity index (χ1v) is 6.14. The normalized spacial score (nSPS) is 19.3. The molecule has 1 nitrogen and oxygen atoms in total. The molecule has 1 aliphatic heterocycles. The molecule has 82 valence electrons. The summed E-state index contributed by atoms with van der Waals surface area (Å²) in [5.74, 6) is 1.87. The third kappa shape index (κ3) is 2.22. The number of rotatable bonds is 2. The largest absolute Gasteiger partial charge is 0.455 e. The van der Waals surface area contributed by atoms with Gasteiger partial charge >= 0.3 is 0 Å². The average Bonchev–Trinajstić information content (AvgIpc) is 2.30. The molecule has 0 N–H and O–H groups in total. The predicted molar refractivity (Wildman–Crippen MR) is 69.6 cm³/mol. The van der Waals surface area contributed by atoms with Gasteiger partial charge in [0.1, 0.15) is 11.5 Å². The Hall–Kier alpha value is -1.41. The molecule has 1 aromatic rings. The quantitative estimate of drug-likeness (QED) is 0.738. The monoisotopic (exact) mass is 230 g/mol. The lowest BCUT2D eigenvalue weighted by atomic mass is 10.3. The molecule has 1 aliphatic rings. The van der Waals surface area contributed by atoms with Crippen molar-refractivity contribution in [3.63, 3.8) is 0 Å². The number of thioether (sulfide) groups is 1. The molecular weight excluding hydrogens is 216 g/mol. The number of benzene rings is 1. The van der Waals surface area contributed by atoms with Crippen LogP contribution in [0.5, 0.6) is 5.75 Å². The molecular formula is C14H14OS. The summed E-state index contributed by atoms with van der Waals surface area (Å²) >= 11 is 1.73. The summed E-state index contributed by atoms with van der Waals surface area (Å²) in [5.41, 5.74) is 0. The highest BCUT2D eigenvalue weighted by molar-refractivity contribution is 8.03. The molecule has 16 heavy (non-hydrogen) atoms. The second-order valence-electron chi connectivity index (χ2n) is 3.39. The molecule has 0 aliphatic carbocycles. The van der Waals surface area contributed by atoms with Crippen LogP contribution >= 0.6 is 11.8 Å². The zero-order valence-electron chi connectivity index (χ0n) is 9.27. The summed E-state index contributed by atoms with van der Waals surface area (Å²) in [5, 5.41) is 0. The Bertz CT molecular complexity index is 458. The molecule has 0 fully saturated rings. The maximum Gasteiger partial charge on any atom is 0.141 e. The summed E-state index contributed by atoms with van der Waals surface area (Å²) in [6, 6.07) is 8.08. The highest BCUT2D eigenvalue weighted by Gasteiger charge is 2.18. The summed E-state index contributed by atoms with van der Waals surface area (Å²) in [7, 11) is 0. The second kappa shape index (κ2) is 5.08. The lowest BCUT2D eigenvalue weighted by Crippen LogP contribution is -2.03. The highest BCUT2D eigenvalue weighted by Crippen LogP contribution is 2.43. The molecule has 2 rings (SSSR count). The minimum atomic E-state index is 0.936. The van der Waals surface area contributed by atoms with E-state index in [9.17, 15) is 0 Å². The number of para-hydroxylation sites is 1. The van der Waals surface area contributed by atoms with Crippen molar-refractivity contribution in [3.8, 4) is 5.75 Å². The summed E-state index contributed by atoms with van der Waals surface area (Å²) < 4.78 is 5.86. The van der Waals surface area contributed by atoms with Crippen molar-refractivity contribution in [1.29, 1.82) is 0 Å². The molecule has 0 saturated heterocycles. The third-order valence-electron chi connectivity index (χ3n) is 2.19. The second-order valence-corrected chi connectivity index (χ2v) is 4.48. The van der Waals surface area contributed by atoms with Gasteiger partial charge in [-0.2, -0.15) is 0 Å². The Kier molecular flexibility index (Phi) is 3.52. The molecule has 0 radical (unpaired) electrons. The van der Waals surface area contributed by atoms with Gasteiger partial charge in [-0.15, -0.1) is 0 Å². The van der Waals surface area contributed by atoms with Gasteiger partial charge in [-0.3, -0.25) is 0 Å². The number of ether oxygens (including phenoxy) is 1. The Morgan fingerprint density at radius 1 is 1.38 bits per heavy atom. The summed E-state index contributed by atoms with van der Waals surface area (Å²) in [6.07, 6.45) is 6.84. The van der Waals surface area contributed by atoms with E-state index in [1.807, 2.05) is 24.3 Å². The Labute approximate surface area is 101 Å². The van der Waals surface area contributed by atoms with Gasteiger partial charge in [0, 0.05) is 0 Å². The zero-order valence-corrected chi connectivity index (χ0v) is 10.1. The standard InChI is InChI=1S/C14H14OS/c1-3-7-11-13(8-4-2)16-14-10-6-5-9-12(14)15-11/h4-10H,2-3H2,1H3/b11-7+,13-8+. The highest BCUT2D eigenvalue weighted by atomic mass is 32.2. The Morgan fingerprint density at radius 2 is 2.19 bits per heavy atom. The fraction of sp³-hybridized carbons (Fsp3) is 0.143. The van der Waals surface area contributed by atoms with Crippen LogP contribution < -0.4 is 4.74 Å². The molecule has 0 atom stereocenters. The Balaban J connectivity index is 2.41. The summed E-state index contributed by atoms with van der Waals surface area (Å²) in [4.78, 5) is 2.28. The van der Waals surface area contributed by atoms with E-state index in [1.54, 1.807) is 17.8 Å². The van der Waals surface area contributed by atoms with Crippen LogP contribution in [-0.2, 0) is 0 Å². The van der Waals surface area contributed by atoms with E-state index in [-0.39, 0.29) is 0 Å². The molecule has 1 aromatic carbocycles. The number of hydrogen-bond donors (Lipinski definition) is 0. The maximum atomic E-state index is 5.86. The lowest BCUT2D eigenvalue weighted by molar-refractivity contribution is 0.425. The van der Waals surface area contributed by atoms with Crippen LogP contribution in [0.1, 0.15) is 13.3 Å². The van der Waals surface area contributed by atoms with Gasteiger partial charge < -0.3 is 4.74 Å². The van der Waals surface area contributed by atoms with Gasteiger partial charge in [0.05, 0.1) is 9.80 Å². The Morgan fingerprint density at radius 3 is 2.94 bits per heavy atom. The van der Waals surface area contributed by atoms with Crippen LogP contribution in [0.4, 0.5) is 0 Å². The topological polar surface area (TPSA) is 9.23 Å². The fourth-order valence-corrected chi connectivity index (χ4v) is 2.49. The van der Waals surface area contributed by atoms with E-state index >= 15 is 0 Å².